The number of hydrogen-bond acceptors (Lipinski definition) is 3. The highest BCUT2D eigenvalue weighted by atomic mass is 16.3. The first kappa shape index (κ1) is 13.1. The summed E-state index contributed by atoms with van der Waals surface area (Å²) in [6.07, 6.45) is 6.71. The fourth-order valence-electron chi connectivity index (χ4n) is 3.64. The Kier molecular flexibility index (Phi) is 3.63. The molecule has 3 heterocycles. The Balaban J connectivity index is 1.88. The molecule has 4 nitrogen and oxygen atoms in total. The van der Waals surface area contributed by atoms with Crippen molar-refractivity contribution in [2.75, 3.05) is 13.2 Å². The summed E-state index contributed by atoms with van der Waals surface area (Å²) in [4.78, 5) is 7.29. The van der Waals surface area contributed by atoms with Gasteiger partial charge in [0.2, 0.25) is 0 Å². The fraction of sp³-hybridized carbons (Fsp3) is 0.800. The number of rotatable bonds is 3. The van der Waals surface area contributed by atoms with Crippen molar-refractivity contribution in [3.05, 3.63) is 17.7 Å². The lowest BCUT2D eigenvalue weighted by atomic mass is 9.99. The summed E-state index contributed by atoms with van der Waals surface area (Å²) in [5, 5.41) is 9.41. The minimum atomic E-state index is 0.301. The number of imidazole rings is 1. The van der Waals surface area contributed by atoms with Gasteiger partial charge < -0.3 is 9.67 Å². The maximum atomic E-state index is 9.41. The van der Waals surface area contributed by atoms with Crippen LogP contribution in [0.4, 0.5) is 0 Å². The van der Waals surface area contributed by atoms with Crippen LogP contribution in [0.3, 0.4) is 0 Å². The molecule has 1 aromatic heterocycles. The normalized spacial score (nSPS) is 28.0. The van der Waals surface area contributed by atoms with Gasteiger partial charge in [0.15, 0.2) is 0 Å². The smallest absolute Gasteiger partial charge is 0.126 e. The van der Waals surface area contributed by atoms with Crippen molar-refractivity contribution in [3.8, 4) is 0 Å². The van der Waals surface area contributed by atoms with Gasteiger partial charge in [-0.15, -0.1) is 0 Å². The molecule has 0 bridgehead atoms. The van der Waals surface area contributed by atoms with E-state index >= 15 is 0 Å². The molecule has 2 atom stereocenters. The van der Waals surface area contributed by atoms with Gasteiger partial charge in [-0.05, 0) is 46.1 Å². The lowest BCUT2D eigenvalue weighted by Gasteiger charge is -2.30. The molecular formula is C15H25N3O. The van der Waals surface area contributed by atoms with E-state index in [1.54, 1.807) is 0 Å². The Hall–Kier alpha value is -0.870. The maximum Gasteiger partial charge on any atom is 0.126 e. The first-order valence-electron chi connectivity index (χ1n) is 7.61. The lowest BCUT2D eigenvalue weighted by Crippen LogP contribution is -2.33. The molecule has 0 aliphatic carbocycles. The molecular weight excluding hydrogens is 238 g/mol. The topological polar surface area (TPSA) is 41.3 Å². The Bertz CT molecular complexity index is 441. The van der Waals surface area contributed by atoms with Crippen LogP contribution in [0.1, 0.15) is 50.7 Å². The molecule has 2 aliphatic rings. The number of aliphatic hydroxyl groups excluding tert-OH is 1. The quantitative estimate of drug-likeness (QED) is 0.906. The van der Waals surface area contributed by atoms with Gasteiger partial charge in [0.05, 0.1) is 6.04 Å². The molecule has 0 spiro atoms. The maximum absolute atomic E-state index is 9.41. The SMILES string of the molecule is CC(C)N1CCCC1c1ncc2n1CC(CO)CC2. The van der Waals surface area contributed by atoms with Crippen LogP contribution in [0.2, 0.25) is 0 Å². The van der Waals surface area contributed by atoms with Crippen LogP contribution in [-0.4, -0.2) is 38.8 Å². The van der Waals surface area contributed by atoms with Crippen molar-refractivity contribution in [2.24, 2.45) is 5.92 Å². The average Bonchev–Trinajstić information content (AvgIpc) is 3.03. The highest BCUT2D eigenvalue weighted by Gasteiger charge is 2.33. The van der Waals surface area contributed by atoms with Crippen LogP contribution in [0.25, 0.3) is 0 Å². The van der Waals surface area contributed by atoms with Crippen molar-refractivity contribution in [1.82, 2.24) is 14.5 Å². The molecule has 3 rings (SSSR count). The highest BCUT2D eigenvalue weighted by Crippen LogP contribution is 2.35. The molecule has 2 unspecified atom stereocenters. The zero-order valence-electron chi connectivity index (χ0n) is 12.0. The van der Waals surface area contributed by atoms with Crippen LogP contribution >= 0.6 is 0 Å². The van der Waals surface area contributed by atoms with Crippen LogP contribution in [0, 0.1) is 5.92 Å². The summed E-state index contributed by atoms with van der Waals surface area (Å²) >= 11 is 0. The molecule has 0 amide bonds. The van der Waals surface area contributed by atoms with Crippen LogP contribution in [-0.2, 0) is 13.0 Å². The van der Waals surface area contributed by atoms with Crippen molar-refractivity contribution < 1.29 is 5.11 Å². The summed E-state index contributed by atoms with van der Waals surface area (Å²) in [5.74, 6) is 1.65. The van der Waals surface area contributed by atoms with Gasteiger partial charge in [0.25, 0.3) is 0 Å². The van der Waals surface area contributed by atoms with Gasteiger partial charge in [0.1, 0.15) is 5.82 Å². The number of likely N-dealkylation sites (tertiary alicyclic amines) is 1. The molecule has 106 valence electrons. The van der Waals surface area contributed by atoms with Crippen LogP contribution < -0.4 is 0 Å². The standard InChI is InChI=1S/C15H25N3O/c1-11(2)17-7-3-4-14(17)15-16-8-13-6-5-12(10-19)9-18(13)15/h8,11-12,14,19H,3-7,9-10H2,1-2H3. The van der Waals surface area contributed by atoms with E-state index < -0.39 is 0 Å². The molecule has 0 saturated carbocycles. The molecule has 2 aliphatic heterocycles. The summed E-state index contributed by atoms with van der Waals surface area (Å²) in [6, 6.07) is 1.06. The molecule has 19 heavy (non-hydrogen) atoms. The summed E-state index contributed by atoms with van der Waals surface area (Å²) in [5.41, 5.74) is 1.36. The number of hydrogen-bond donors (Lipinski definition) is 1. The molecule has 1 saturated heterocycles. The second kappa shape index (κ2) is 5.25. The molecule has 1 aromatic rings. The third-order valence-corrected chi connectivity index (χ3v) is 4.73. The van der Waals surface area contributed by atoms with Crippen molar-refractivity contribution in [3.63, 3.8) is 0 Å². The van der Waals surface area contributed by atoms with Crippen LogP contribution in [0.5, 0.6) is 0 Å². The van der Waals surface area contributed by atoms with E-state index in [0.717, 1.165) is 19.4 Å². The number of nitrogens with zero attached hydrogens (tertiary/aromatic N) is 3. The first-order valence-corrected chi connectivity index (χ1v) is 7.61. The summed E-state index contributed by atoms with van der Waals surface area (Å²) in [7, 11) is 0. The molecule has 0 radical (unpaired) electrons. The van der Waals surface area contributed by atoms with E-state index in [-0.39, 0.29) is 0 Å². The minimum absolute atomic E-state index is 0.301. The predicted molar refractivity (Wildman–Crippen MR) is 74.9 cm³/mol. The van der Waals surface area contributed by atoms with E-state index in [1.165, 1.54) is 30.9 Å². The monoisotopic (exact) mass is 263 g/mol. The molecule has 0 aromatic carbocycles. The Morgan fingerprint density at radius 2 is 2.26 bits per heavy atom. The van der Waals surface area contributed by atoms with E-state index in [9.17, 15) is 5.11 Å². The number of fused-ring (bicyclic) bond motifs is 1. The summed E-state index contributed by atoms with van der Waals surface area (Å²) < 4.78 is 2.38. The second-order valence-corrected chi connectivity index (χ2v) is 6.30. The highest BCUT2D eigenvalue weighted by molar-refractivity contribution is 5.13. The Morgan fingerprint density at radius 3 is 3.00 bits per heavy atom. The zero-order chi connectivity index (χ0) is 13.4. The van der Waals surface area contributed by atoms with Gasteiger partial charge in [-0.25, -0.2) is 4.98 Å². The van der Waals surface area contributed by atoms with Gasteiger partial charge in [-0.3, -0.25) is 4.90 Å². The Morgan fingerprint density at radius 1 is 1.42 bits per heavy atom. The fourth-order valence-corrected chi connectivity index (χ4v) is 3.64. The van der Waals surface area contributed by atoms with Gasteiger partial charge in [-0.2, -0.15) is 0 Å². The van der Waals surface area contributed by atoms with Crippen molar-refractivity contribution in [1.29, 1.82) is 0 Å². The molecule has 1 N–H and O–H groups in total. The second-order valence-electron chi connectivity index (χ2n) is 6.30. The van der Waals surface area contributed by atoms with Gasteiger partial charge >= 0.3 is 0 Å². The lowest BCUT2D eigenvalue weighted by molar-refractivity contribution is 0.173. The largest absolute Gasteiger partial charge is 0.396 e. The number of aromatic nitrogens is 2. The number of aryl methyl sites for hydroxylation is 1. The van der Waals surface area contributed by atoms with E-state index in [2.05, 4.69) is 29.5 Å². The van der Waals surface area contributed by atoms with Crippen molar-refractivity contribution in [2.45, 2.75) is 58.2 Å². The van der Waals surface area contributed by atoms with Crippen molar-refractivity contribution >= 4 is 0 Å². The van der Waals surface area contributed by atoms with E-state index in [4.69, 9.17) is 4.98 Å². The molecule has 4 heteroatoms. The first-order chi connectivity index (χ1) is 9.20. The van der Waals surface area contributed by atoms with Gasteiger partial charge in [-0.1, -0.05) is 0 Å². The number of aliphatic hydroxyl groups is 1. The zero-order valence-corrected chi connectivity index (χ0v) is 12.0. The van der Waals surface area contributed by atoms with Gasteiger partial charge in [0, 0.05) is 37.0 Å². The van der Waals surface area contributed by atoms with Crippen LogP contribution in [0.15, 0.2) is 6.20 Å². The Labute approximate surface area is 115 Å². The third kappa shape index (κ3) is 2.32. The predicted octanol–water partition coefficient (Wildman–Crippen LogP) is 1.98. The summed E-state index contributed by atoms with van der Waals surface area (Å²) in [6.45, 7) is 6.98. The third-order valence-electron chi connectivity index (χ3n) is 4.73. The van der Waals surface area contributed by atoms with E-state index in [1.807, 2.05) is 0 Å². The molecule has 1 fully saturated rings. The minimum Gasteiger partial charge on any atom is -0.396 e. The van der Waals surface area contributed by atoms with E-state index in [0.29, 0.717) is 24.6 Å². The average molecular weight is 263 g/mol.